The lowest BCUT2D eigenvalue weighted by atomic mass is 10.3. The zero-order valence-electron chi connectivity index (χ0n) is 9.71. The minimum Gasteiger partial charge on any atom is -0.370 e. The Morgan fingerprint density at radius 3 is 1.69 bits per heavy atom. The van der Waals surface area contributed by atoms with E-state index in [4.69, 9.17) is 9.47 Å². The molecule has 0 fully saturated rings. The first kappa shape index (κ1) is 16.1. The minimum absolute atomic E-state index is 0.0335. The minimum atomic E-state index is 0.0335. The van der Waals surface area contributed by atoms with E-state index in [9.17, 15) is 0 Å². The van der Waals surface area contributed by atoms with E-state index in [1.807, 2.05) is 13.8 Å². The van der Waals surface area contributed by atoms with Crippen molar-refractivity contribution in [1.29, 1.82) is 0 Å². The second-order valence-corrected chi connectivity index (χ2v) is 6.02. The van der Waals surface area contributed by atoms with Crippen molar-refractivity contribution < 1.29 is 9.47 Å². The van der Waals surface area contributed by atoms with Crippen LogP contribution in [-0.2, 0) is 9.47 Å². The fourth-order valence-electron chi connectivity index (χ4n) is 0.751. The molecule has 0 heterocycles. The van der Waals surface area contributed by atoms with Crippen molar-refractivity contribution in [1.82, 2.24) is 0 Å². The van der Waals surface area contributed by atoms with Crippen molar-refractivity contribution in [2.45, 2.75) is 26.1 Å². The van der Waals surface area contributed by atoms with Crippen molar-refractivity contribution >= 4 is 31.9 Å². The van der Waals surface area contributed by atoms with Crippen LogP contribution >= 0.6 is 31.9 Å². The van der Waals surface area contributed by atoms with E-state index < -0.39 is 0 Å². The van der Waals surface area contributed by atoms with Gasteiger partial charge in [0.2, 0.25) is 0 Å². The molecule has 0 amide bonds. The van der Waals surface area contributed by atoms with E-state index in [0.29, 0.717) is 13.2 Å². The number of ether oxygens (including phenoxy) is 2. The van der Waals surface area contributed by atoms with Gasteiger partial charge in [-0.15, -0.1) is 13.2 Å². The molecule has 2 atom stereocenters. The molecule has 2 nitrogen and oxygen atoms in total. The van der Waals surface area contributed by atoms with Crippen molar-refractivity contribution in [2.75, 3.05) is 13.2 Å². The van der Waals surface area contributed by atoms with Crippen molar-refractivity contribution in [2.24, 2.45) is 0 Å². The maximum absolute atomic E-state index is 5.54. The summed E-state index contributed by atoms with van der Waals surface area (Å²) in [6, 6.07) is 0. The summed E-state index contributed by atoms with van der Waals surface area (Å²) < 4.78 is 11.9. The van der Waals surface area contributed by atoms with Crippen LogP contribution in [0.15, 0.2) is 34.3 Å². The molecule has 16 heavy (non-hydrogen) atoms. The van der Waals surface area contributed by atoms with Crippen molar-refractivity contribution in [3.8, 4) is 0 Å². The first-order valence-electron chi connectivity index (χ1n) is 5.02. The highest BCUT2D eigenvalue weighted by Gasteiger charge is 2.07. The van der Waals surface area contributed by atoms with Crippen molar-refractivity contribution in [3.63, 3.8) is 0 Å². The molecule has 92 valence electrons. The lowest BCUT2D eigenvalue weighted by Gasteiger charge is -2.14. The molecule has 0 unspecified atom stereocenters. The Morgan fingerprint density at radius 1 is 1.06 bits per heavy atom. The Hall–Kier alpha value is 0.100. The Morgan fingerprint density at radius 2 is 1.44 bits per heavy atom. The summed E-state index contributed by atoms with van der Waals surface area (Å²) in [4.78, 5) is 0. The molecule has 0 aliphatic carbocycles. The Kier molecular flexibility index (Phi) is 9.22. The van der Waals surface area contributed by atoms with Crippen LogP contribution in [0.3, 0.4) is 0 Å². The fraction of sp³-hybridized carbons (Fsp3) is 0.500. The molecule has 4 heteroatoms. The fourth-order valence-corrected chi connectivity index (χ4v) is 1.21. The molecule has 0 spiro atoms. The van der Waals surface area contributed by atoms with E-state index in [1.54, 1.807) is 12.2 Å². The van der Waals surface area contributed by atoms with Gasteiger partial charge in [0.1, 0.15) is 0 Å². The molecular formula is C12H18Br2O2. The number of hydrogen-bond donors (Lipinski definition) is 0. The van der Waals surface area contributed by atoms with Gasteiger partial charge in [0.05, 0.1) is 28.8 Å². The monoisotopic (exact) mass is 352 g/mol. The second-order valence-electron chi connectivity index (χ2n) is 3.37. The average molecular weight is 354 g/mol. The van der Waals surface area contributed by atoms with Gasteiger partial charge in [-0.05, 0) is 45.7 Å². The third-order valence-corrected chi connectivity index (χ3v) is 3.09. The lowest BCUT2D eigenvalue weighted by molar-refractivity contribution is 0.0829. The van der Waals surface area contributed by atoms with Gasteiger partial charge in [-0.25, -0.2) is 0 Å². The van der Waals surface area contributed by atoms with Crippen LogP contribution in [0, 0.1) is 0 Å². The zero-order chi connectivity index (χ0) is 12.6. The van der Waals surface area contributed by atoms with E-state index in [-0.39, 0.29) is 12.2 Å². The van der Waals surface area contributed by atoms with Crippen LogP contribution in [0.25, 0.3) is 0 Å². The standard InChI is InChI=1S/C12H18Br2O2/c1-5-9(3)15-7-11(12(13)14)8-16-10(4)6-2/h5-6,9-10H,1-2,7-8H2,3-4H3/t9-,10-/m0/s1. The number of hydrogen-bond acceptors (Lipinski definition) is 2. The topological polar surface area (TPSA) is 18.5 Å². The van der Waals surface area contributed by atoms with Crippen LogP contribution in [0.1, 0.15) is 13.8 Å². The molecule has 0 aliphatic heterocycles. The van der Waals surface area contributed by atoms with Gasteiger partial charge < -0.3 is 9.47 Å². The summed E-state index contributed by atoms with van der Waals surface area (Å²) >= 11 is 6.74. The molecular weight excluding hydrogens is 336 g/mol. The second kappa shape index (κ2) is 9.16. The summed E-state index contributed by atoms with van der Waals surface area (Å²) in [5.74, 6) is 0. The average Bonchev–Trinajstić information content (AvgIpc) is 2.27. The SMILES string of the molecule is C=C[C@H](C)OCC(CO[C@@H](C)C=C)=C(Br)Br. The summed E-state index contributed by atoms with van der Waals surface area (Å²) in [7, 11) is 0. The Labute approximate surface area is 115 Å². The van der Waals surface area contributed by atoms with Crippen LogP contribution in [0.5, 0.6) is 0 Å². The van der Waals surface area contributed by atoms with E-state index in [1.165, 1.54) is 0 Å². The molecule has 0 N–H and O–H groups in total. The van der Waals surface area contributed by atoms with Gasteiger partial charge in [-0.3, -0.25) is 0 Å². The van der Waals surface area contributed by atoms with Crippen LogP contribution < -0.4 is 0 Å². The first-order chi connectivity index (χ1) is 7.51. The predicted octanol–water partition coefficient (Wildman–Crippen LogP) is 4.17. The van der Waals surface area contributed by atoms with Gasteiger partial charge in [-0.1, -0.05) is 12.2 Å². The normalized spacial score (nSPS) is 14.0. The van der Waals surface area contributed by atoms with Gasteiger partial charge in [-0.2, -0.15) is 0 Å². The van der Waals surface area contributed by atoms with Gasteiger partial charge >= 0.3 is 0 Å². The molecule has 0 aromatic carbocycles. The first-order valence-corrected chi connectivity index (χ1v) is 6.61. The van der Waals surface area contributed by atoms with Crippen LogP contribution in [-0.4, -0.2) is 25.4 Å². The van der Waals surface area contributed by atoms with E-state index in [0.717, 1.165) is 8.96 Å². The molecule has 0 radical (unpaired) electrons. The highest BCUT2D eigenvalue weighted by atomic mass is 79.9. The highest BCUT2D eigenvalue weighted by molar-refractivity contribution is 9.28. The maximum Gasteiger partial charge on any atom is 0.0729 e. The highest BCUT2D eigenvalue weighted by Crippen LogP contribution is 2.20. The van der Waals surface area contributed by atoms with Crippen LogP contribution in [0.4, 0.5) is 0 Å². The third-order valence-electron chi connectivity index (χ3n) is 1.97. The smallest absolute Gasteiger partial charge is 0.0729 e. The third kappa shape index (κ3) is 7.39. The maximum atomic E-state index is 5.54. The Bertz CT molecular complexity index is 238. The largest absolute Gasteiger partial charge is 0.370 e. The lowest BCUT2D eigenvalue weighted by Crippen LogP contribution is -2.14. The predicted molar refractivity (Wildman–Crippen MR) is 76.1 cm³/mol. The summed E-state index contributed by atoms with van der Waals surface area (Å²) in [6.07, 6.45) is 3.58. The molecule has 0 bridgehead atoms. The van der Waals surface area contributed by atoms with E-state index >= 15 is 0 Å². The molecule has 0 aliphatic rings. The molecule has 0 aromatic rings. The molecule has 0 rings (SSSR count). The van der Waals surface area contributed by atoms with E-state index in [2.05, 4.69) is 45.0 Å². The molecule has 0 saturated heterocycles. The molecule has 0 aromatic heterocycles. The summed E-state index contributed by atoms with van der Waals surface area (Å²) in [5, 5.41) is 0. The van der Waals surface area contributed by atoms with Crippen molar-refractivity contribution in [3.05, 3.63) is 34.3 Å². The quantitative estimate of drug-likeness (QED) is 0.610. The zero-order valence-corrected chi connectivity index (χ0v) is 12.9. The van der Waals surface area contributed by atoms with Crippen LogP contribution in [0.2, 0.25) is 0 Å². The van der Waals surface area contributed by atoms with Gasteiger partial charge in [0, 0.05) is 5.57 Å². The number of halogens is 2. The number of rotatable bonds is 8. The summed E-state index contributed by atoms with van der Waals surface area (Å²) in [6.45, 7) is 12.2. The molecule has 0 saturated carbocycles. The van der Waals surface area contributed by atoms with Gasteiger partial charge in [0.15, 0.2) is 0 Å². The Balaban J connectivity index is 4.15. The summed E-state index contributed by atoms with van der Waals surface area (Å²) in [5.41, 5.74) is 1.02. The van der Waals surface area contributed by atoms with Gasteiger partial charge in [0.25, 0.3) is 0 Å².